The van der Waals surface area contributed by atoms with Gasteiger partial charge in [-0.15, -0.1) is 0 Å². The summed E-state index contributed by atoms with van der Waals surface area (Å²) in [6, 6.07) is 12.3. The molecule has 7 nitrogen and oxygen atoms in total. The summed E-state index contributed by atoms with van der Waals surface area (Å²) in [6.45, 7) is 3.02. The highest BCUT2D eigenvalue weighted by atomic mass is 16.1. The Morgan fingerprint density at radius 2 is 1.97 bits per heavy atom. The maximum absolute atomic E-state index is 13.7. The summed E-state index contributed by atoms with van der Waals surface area (Å²) < 4.78 is 3.94. The van der Waals surface area contributed by atoms with Crippen molar-refractivity contribution in [3.05, 3.63) is 64.8 Å². The number of benzene rings is 1. The first-order valence-corrected chi connectivity index (χ1v) is 11.6. The summed E-state index contributed by atoms with van der Waals surface area (Å²) in [5, 5.41) is 2.21. The number of imidazole rings is 1. The Kier molecular flexibility index (Phi) is 4.72. The van der Waals surface area contributed by atoms with E-state index in [1.165, 1.54) is 12.8 Å². The summed E-state index contributed by atoms with van der Waals surface area (Å²) >= 11 is 0. The van der Waals surface area contributed by atoms with Gasteiger partial charge in [-0.05, 0) is 49.1 Å². The largest absolute Gasteiger partial charge is 0.341 e. The average Bonchev–Trinajstić information content (AvgIpc) is 3.55. The van der Waals surface area contributed by atoms with E-state index in [0.29, 0.717) is 18.0 Å². The molecule has 3 aromatic heterocycles. The van der Waals surface area contributed by atoms with Crippen molar-refractivity contribution in [3.63, 3.8) is 0 Å². The fourth-order valence-electron chi connectivity index (χ4n) is 4.92. The van der Waals surface area contributed by atoms with E-state index >= 15 is 0 Å². The standard InChI is InChI=1S/C25H28N6O/c26-19-5-3-12-30(15-19)25-28-21-10-13-29(24(32)23(21)31(25)14-17-7-8-17)16-22-20-6-2-1-4-18(20)9-11-27-22/h1-2,4,6,9-11,13,17,19H,3,5,7-8,12,14-16,26H2. The molecule has 0 radical (unpaired) electrons. The number of anilines is 1. The molecule has 0 bridgehead atoms. The second-order valence-corrected chi connectivity index (χ2v) is 9.28. The Morgan fingerprint density at radius 3 is 2.81 bits per heavy atom. The number of hydrogen-bond donors (Lipinski definition) is 1. The second kappa shape index (κ2) is 7.74. The van der Waals surface area contributed by atoms with Crippen molar-refractivity contribution < 1.29 is 0 Å². The van der Waals surface area contributed by atoms with Gasteiger partial charge < -0.3 is 19.8 Å². The first-order valence-electron chi connectivity index (χ1n) is 11.6. The number of nitrogens with two attached hydrogens (primary N) is 1. The van der Waals surface area contributed by atoms with Crippen molar-refractivity contribution in [1.29, 1.82) is 0 Å². The molecule has 1 aliphatic carbocycles. The Balaban J connectivity index is 1.45. The van der Waals surface area contributed by atoms with E-state index in [1.807, 2.05) is 36.7 Å². The number of aromatic nitrogens is 4. The van der Waals surface area contributed by atoms with Crippen molar-refractivity contribution >= 4 is 27.8 Å². The molecule has 0 spiro atoms. The lowest BCUT2D eigenvalue weighted by Crippen LogP contribution is -2.44. The maximum Gasteiger partial charge on any atom is 0.277 e. The van der Waals surface area contributed by atoms with Gasteiger partial charge in [0.05, 0.1) is 17.8 Å². The van der Waals surface area contributed by atoms with Crippen LogP contribution in [0, 0.1) is 5.92 Å². The molecule has 2 N–H and O–H groups in total. The first kappa shape index (κ1) is 19.5. The molecule has 6 rings (SSSR count). The van der Waals surface area contributed by atoms with Crippen LogP contribution in [0.25, 0.3) is 21.8 Å². The Morgan fingerprint density at radius 1 is 1.09 bits per heavy atom. The topological polar surface area (TPSA) is 82.0 Å². The molecule has 0 amide bonds. The Hall–Kier alpha value is -3.19. The lowest BCUT2D eigenvalue weighted by Gasteiger charge is -2.32. The highest BCUT2D eigenvalue weighted by Crippen LogP contribution is 2.34. The predicted octanol–water partition coefficient (Wildman–Crippen LogP) is 3.13. The summed E-state index contributed by atoms with van der Waals surface area (Å²) in [5.74, 6) is 1.54. The van der Waals surface area contributed by atoms with E-state index in [0.717, 1.165) is 60.4 Å². The zero-order valence-electron chi connectivity index (χ0n) is 18.2. The van der Waals surface area contributed by atoms with Crippen molar-refractivity contribution in [2.75, 3.05) is 18.0 Å². The second-order valence-electron chi connectivity index (χ2n) is 9.28. The molecule has 7 heteroatoms. The first-order chi connectivity index (χ1) is 15.7. The van der Waals surface area contributed by atoms with E-state index in [-0.39, 0.29) is 11.6 Å². The van der Waals surface area contributed by atoms with Gasteiger partial charge in [-0.2, -0.15) is 0 Å². The highest BCUT2D eigenvalue weighted by Gasteiger charge is 2.29. The molecule has 4 heterocycles. The van der Waals surface area contributed by atoms with Gasteiger partial charge in [-0.3, -0.25) is 9.78 Å². The number of rotatable bonds is 5. The van der Waals surface area contributed by atoms with Crippen LogP contribution in [-0.4, -0.2) is 38.2 Å². The quantitative estimate of drug-likeness (QED) is 0.528. The molecule has 2 fully saturated rings. The molecular weight excluding hydrogens is 400 g/mol. The van der Waals surface area contributed by atoms with Gasteiger partial charge in [-0.25, -0.2) is 4.98 Å². The Bertz CT molecular complexity index is 1350. The molecule has 32 heavy (non-hydrogen) atoms. The lowest BCUT2D eigenvalue weighted by atomic mass is 10.1. The lowest BCUT2D eigenvalue weighted by molar-refractivity contribution is 0.490. The van der Waals surface area contributed by atoms with Gasteiger partial charge in [0, 0.05) is 43.5 Å². The number of pyridine rings is 2. The van der Waals surface area contributed by atoms with Crippen LogP contribution in [0.15, 0.2) is 53.6 Å². The van der Waals surface area contributed by atoms with Crippen molar-refractivity contribution in [2.45, 2.75) is 44.8 Å². The van der Waals surface area contributed by atoms with E-state index in [9.17, 15) is 4.79 Å². The van der Waals surface area contributed by atoms with Gasteiger partial charge in [-0.1, -0.05) is 24.3 Å². The zero-order valence-corrected chi connectivity index (χ0v) is 18.2. The minimum Gasteiger partial charge on any atom is -0.341 e. The highest BCUT2D eigenvalue weighted by molar-refractivity contribution is 5.84. The van der Waals surface area contributed by atoms with Crippen LogP contribution in [0.5, 0.6) is 0 Å². The molecule has 2 aliphatic rings. The van der Waals surface area contributed by atoms with Crippen LogP contribution >= 0.6 is 0 Å². The van der Waals surface area contributed by atoms with E-state index in [4.69, 9.17) is 10.7 Å². The number of nitrogens with zero attached hydrogens (tertiary/aromatic N) is 5. The van der Waals surface area contributed by atoms with Crippen molar-refractivity contribution in [2.24, 2.45) is 11.7 Å². The molecule has 1 unspecified atom stereocenters. The van der Waals surface area contributed by atoms with Crippen molar-refractivity contribution in [3.8, 4) is 0 Å². The van der Waals surface area contributed by atoms with E-state index in [2.05, 4.69) is 26.6 Å². The van der Waals surface area contributed by atoms with Crippen LogP contribution in [0.4, 0.5) is 5.95 Å². The zero-order chi connectivity index (χ0) is 21.7. The molecule has 1 saturated carbocycles. The summed E-state index contributed by atoms with van der Waals surface area (Å²) in [7, 11) is 0. The SMILES string of the molecule is NC1CCCN(c2nc3ccn(Cc4nccc5ccccc45)c(=O)c3n2CC2CC2)C1. The normalized spacial score (nSPS) is 19.2. The monoisotopic (exact) mass is 428 g/mol. The van der Waals surface area contributed by atoms with Gasteiger partial charge in [0.15, 0.2) is 0 Å². The third-order valence-electron chi connectivity index (χ3n) is 6.80. The number of hydrogen-bond acceptors (Lipinski definition) is 5. The van der Waals surface area contributed by atoms with Crippen LogP contribution < -0.4 is 16.2 Å². The molecule has 1 saturated heterocycles. The van der Waals surface area contributed by atoms with Crippen LogP contribution in [-0.2, 0) is 13.1 Å². The maximum atomic E-state index is 13.7. The van der Waals surface area contributed by atoms with E-state index in [1.54, 1.807) is 4.57 Å². The van der Waals surface area contributed by atoms with Gasteiger partial charge in [0.1, 0.15) is 5.52 Å². The minimum absolute atomic E-state index is 0.00191. The molecule has 164 valence electrons. The summed E-state index contributed by atoms with van der Waals surface area (Å²) in [5.41, 5.74) is 8.63. The molecular formula is C25H28N6O. The van der Waals surface area contributed by atoms with Crippen LogP contribution in [0.2, 0.25) is 0 Å². The predicted molar refractivity (Wildman–Crippen MR) is 127 cm³/mol. The fraction of sp³-hybridized carbons (Fsp3) is 0.400. The molecule has 1 aliphatic heterocycles. The van der Waals surface area contributed by atoms with Gasteiger partial charge >= 0.3 is 0 Å². The molecule has 4 aromatic rings. The van der Waals surface area contributed by atoms with Crippen molar-refractivity contribution in [1.82, 2.24) is 19.1 Å². The van der Waals surface area contributed by atoms with Gasteiger partial charge in [0.25, 0.3) is 5.56 Å². The third-order valence-corrected chi connectivity index (χ3v) is 6.80. The van der Waals surface area contributed by atoms with Gasteiger partial charge in [0.2, 0.25) is 5.95 Å². The molecule has 1 atom stereocenters. The summed E-state index contributed by atoms with van der Waals surface area (Å²) in [6.07, 6.45) is 8.22. The van der Waals surface area contributed by atoms with E-state index < -0.39 is 0 Å². The number of fused-ring (bicyclic) bond motifs is 2. The Labute approximate surface area is 186 Å². The van der Waals surface area contributed by atoms with Crippen LogP contribution in [0.1, 0.15) is 31.4 Å². The average molecular weight is 429 g/mol. The third kappa shape index (κ3) is 3.46. The summed E-state index contributed by atoms with van der Waals surface area (Å²) in [4.78, 5) is 25.5. The fourth-order valence-corrected chi connectivity index (χ4v) is 4.92. The minimum atomic E-state index is -0.00191. The smallest absolute Gasteiger partial charge is 0.277 e. The van der Waals surface area contributed by atoms with Crippen LogP contribution in [0.3, 0.4) is 0 Å². The number of piperidine rings is 1. The molecule has 1 aromatic carbocycles.